The number of hydrogen-bond acceptors (Lipinski definition) is 4. The normalized spacial score (nSPS) is 11.8. The van der Waals surface area contributed by atoms with Gasteiger partial charge in [0.1, 0.15) is 0 Å². The zero-order valence-electron chi connectivity index (χ0n) is 9.22. The molecule has 6 heteroatoms. The molecule has 0 bridgehead atoms. The Hall–Kier alpha value is -1.11. The molecule has 1 heterocycles. The maximum absolute atomic E-state index is 11.7. The average molecular weight is 270 g/mol. The molecule has 2 rings (SSSR count). The Morgan fingerprint density at radius 2 is 2.12 bits per heavy atom. The summed E-state index contributed by atoms with van der Waals surface area (Å²) in [6, 6.07) is 7.50. The van der Waals surface area contributed by atoms with Gasteiger partial charge in [0.05, 0.1) is 5.75 Å². The summed E-state index contributed by atoms with van der Waals surface area (Å²) in [6.07, 6.45) is 0.468. The molecule has 0 saturated carbocycles. The molecule has 0 fully saturated rings. The van der Waals surface area contributed by atoms with Gasteiger partial charge in [0, 0.05) is 10.4 Å². The largest absolute Gasteiger partial charge is 0.330 e. The van der Waals surface area contributed by atoms with Crippen LogP contribution in [0.25, 0.3) is 10.1 Å². The summed E-state index contributed by atoms with van der Waals surface area (Å²) in [5, 5.41) is 3.03. The lowest BCUT2D eigenvalue weighted by Crippen LogP contribution is -2.18. The van der Waals surface area contributed by atoms with Crippen LogP contribution in [0.2, 0.25) is 0 Å². The van der Waals surface area contributed by atoms with E-state index in [-0.39, 0.29) is 5.75 Å². The monoisotopic (exact) mass is 270 g/mol. The zero-order valence-corrected chi connectivity index (χ0v) is 10.9. The van der Waals surface area contributed by atoms with E-state index in [1.807, 2.05) is 23.6 Å². The molecule has 17 heavy (non-hydrogen) atoms. The minimum atomic E-state index is -3.28. The third-order valence-corrected chi connectivity index (χ3v) is 4.61. The van der Waals surface area contributed by atoms with Crippen LogP contribution in [0.15, 0.2) is 29.6 Å². The second-order valence-electron chi connectivity index (χ2n) is 3.74. The summed E-state index contributed by atoms with van der Waals surface area (Å²) in [4.78, 5) is 0. The molecule has 0 aliphatic heterocycles. The lowest BCUT2D eigenvalue weighted by Gasteiger charge is -2.07. The Kier molecular flexibility index (Phi) is 3.66. The number of nitrogens with one attached hydrogen (secondary N) is 1. The first-order valence-corrected chi connectivity index (χ1v) is 7.82. The molecule has 92 valence electrons. The zero-order chi connectivity index (χ0) is 12.3. The smallest absolute Gasteiger partial charge is 0.232 e. The quantitative estimate of drug-likeness (QED) is 0.872. The highest BCUT2D eigenvalue weighted by atomic mass is 32.2. The fourth-order valence-electron chi connectivity index (χ4n) is 1.53. The van der Waals surface area contributed by atoms with Gasteiger partial charge in [-0.3, -0.25) is 4.72 Å². The number of sulfonamides is 1. The van der Waals surface area contributed by atoms with Crippen molar-refractivity contribution in [2.75, 3.05) is 17.0 Å². The van der Waals surface area contributed by atoms with Gasteiger partial charge in [-0.05, 0) is 48.0 Å². The molecule has 0 aliphatic carbocycles. The summed E-state index contributed by atoms with van der Waals surface area (Å²) >= 11 is 1.63. The minimum Gasteiger partial charge on any atom is -0.330 e. The number of rotatable bonds is 5. The predicted octanol–water partition coefficient (Wildman–Crippen LogP) is 1.99. The van der Waals surface area contributed by atoms with Gasteiger partial charge >= 0.3 is 0 Å². The molecule has 0 atom stereocenters. The van der Waals surface area contributed by atoms with E-state index < -0.39 is 10.0 Å². The topological polar surface area (TPSA) is 72.2 Å². The summed E-state index contributed by atoms with van der Waals surface area (Å²) < 4.78 is 27.0. The third-order valence-electron chi connectivity index (χ3n) is 2.34. The van der Waals surface area contributed by atoms with E-state index in [0.717, 1.165) is 10.1 Å². The highest BCUT2D eigenvalue weighted by Gasteiger charge is 2.09. The van der Waals surface area contributed by atoms with Gasteiger partial charge in [-0.25, -0.2) is 8.42 Å². The van der Waals surface area contributed by atoms with Gasteiger partial charge < -0.3 is 5.73 Å². The van der Waals surface area contributed by atoms with Crippen LogP contribution in [0.4, 0.5) is 5.69 Å². The number of fused-ring (bicyclic) bond motifs is 1. The standard InChI is InChI=1S/C11H14N2O2S2/c12-5-1-7-17(14,15)13-10-2-3-11-9(8-10)4-6-16-11/h2-4,6,8,13H,1,5,7,12H2. The number of hydrogen-bond donors (Lipinski definition) is 2. The molecular weight excluding hydrogens is 256 g/mol. The van der Waals surface area contributed by atoms with Crippen LogP contribution in [0.3, 0.4) is 0 Å². The lowest BCUT2D eigenvalue weighted by atomic mass is 10.2. The Balaban J connectivity index is 2.17. The SMILES string of the molecule is NCCCS(=O)(=O)Nc1ccc2sccc2c1. The van der Waals surface area contributed by atoms with Crippen molar-refractivity contribution in [3.05, 3.63) is 29.6 Å². The van der Waals surface area contributed by atoms with E-state index >= 15 is 0 Å². The Bertz CT molecular complexity index is 605. The van der Waals surface area contributed by atoms with Gasteiger partial charge in [-0.15, -0.1) is 11.3 Å². The van der Waals surface area contributed by atoms with E-state index in [1.54, 1.807) is 17.4 Å². The Morgan fingerprint density at radius 3 is 2.88 bits per heavy atom. The second kappa shape index (κ2) is 5.03. The molecule has 1 aromatic carbocycles. The van der Waals surface area contributed by atoms with Crippen LogP contribution in [-0.4, -0.2) is 20.7 Å². The van der Waals surface area contributed by atoms with E-state index in [2.05, 4.69) is 4.72 Å². The average Bonchev–Trinajstić information content (AvgIpc) is 2.73. The predicted molar refractivity (Wildman–Crippen MR) is 72.9 cm³/mol. The fourth-order valence-corrected chi connectivity index (χ4v) is 3.44. The molecule has 0 saturated heterocycles. The van der Waals surface area contributed by atoms with Crippen LogP contribution in [0.5, 0.6) is 0 Å². The van der Waals surface area contributed by atoms with Crippen LogP contribution in [-0.2, 0) is 10.0 Å². The molecule has 0 amide bonds. The Labute approximate surface area is 104 Å². The molecule has 0 aliphatic rings. The van der Waals surface area contributed by atoms with Crippen molar-refractivity contribution in [1.82, 2.24) is 0 Å². The van der Waals surface area contributed by atoms with Crippen LogP contribution in [0, 0.1) is 0 Å². The van der Waals surface area contributed by atoms with Gasteiger partial charge in [0.2, 0.25) is 10.0 Å². The van der Waals surface area contributed by atoms with Gasteiger partial charge in [0.15, 0.2) is 0 Å². The second-order valence-corrected chi connectivity index (χ2v) is 6.53. The van der Waals surface area contributed by atoms with Crippen molar-refractivity contribution < 1.29 is 8.42 Å². The molecule has 2 aromatic rings. The van der Waals surface area contributed by atoms with E-state index in [9.17, 15) is 8.42 Å². The lowest BCUT2D eigenvalue weighted by molar-refractivity contribution is 0.599. The fraction of sp³-hybridized carbons (Fsp3) is 0.273. The van der Waals surface area contributed by atoms with Crippen molar-refractivity contribution >= 4 is 37.1 Å². The summed E-state index contributed by atoms with van der Waals surface area (Å²) in [7, 11) is -3.28. The van der Waals surface area contributed by atoms with E-state index in [4.69, 9.17) is 5.73 Å². The van der Waals surface area contributed by atoms with Crippen molar-refractivity contribution in [2.24, 2.45) is 5.73 Å². The first-order chi connectivity index (χ1) is 8.11. The molecule has 3 N–H and O–H groups in total. The van der Waals surface area contributed by atoms with Gasteiger partial charge in [0.25, 0.3) is 0 Å². The minimum absolute atomic E-state index is 0.0607. The van der Waals surface area contributed by atoms with E-state index in [1.165, 1.54) is 0 Å². The molecule has 4 nitrogen and oxygen atoms in total. The van der Waals surface area contributed by atoms with Gasteiger partial charge in [-0.1, -0.05) is 0 Å². The molecule has 1 aromatic heterocycles. The first kappa shape index (κ1) is 12.3. The summed E-state index contributed by atoms with van der Waals surface area (Å²) in [5.41, 5.74) is 5.90. The highest BCUT2D eigenvalue weighted by Crippen LogP contribution is 2.24. The van der Waals surface area contributed by atoms with Crippen molar-refractivity contribution in [3.63, 3.8) is 0 Å². The van der Waals surface area contributed by atoms with E-state index in [0.29, 0.717) is 18.7 Å². The number of nitrogens with two attached hydrogens (primary N) is 1. The van der Waals surface area contributed by atoms with Crippen LogP contribution < -0.4 is 10.5 Å². The van der Waals surface area contributed by atoms with Crippen molar-refractivity contribution in [1.29, 1.82) is 0 Å². The number of thiophene rings is 1. The van der Waals surface area contributed by atoms with Gasteiger partial charge in [-0.2, -0.15) is 0 Å². The maximum atomic E-state index is 11.7. The summed E-state index contributed by atoms with van der Waals surface area (Å²) in [6.45, 7) is 0.379. The first-order valence-electron chi connectivity index (χ1n) is 5.28. The maximum Gasteiger partial charge on any atom is 0.232 e. The molecule has 0 spiro atoms. The van der Waals surface area contributed by atoms with Crippen LogP contribution >= 0.6 is 11.3 Å². The summed E-state index contributed by atoms with van der Waals surface area (Å²) in [5.74, 6) is 0.0607. The molecule has 0 unspecified atom stereocenters. The van der Waals surface area contributed by atoms with Crippen molar-refractivity contribution in [2.45, 2.75) is 6.42 Å². The molecular formula is C11H14N2O2S2. The van der Waals surface area contributed by atoms with Crippen LogP contribution in [0.1, 0.15) is 6.42 Å². The number of benzene rings is 1. The Morgan fingerprint density at radius 1 is 1.29 bits per heavy atom. The number of anilines is 1. The molecule has 0 radical (unpaired) electrons. The third kappa shape index (κ3) is 3.18. The highest BCUT2D eigenvalue weighted by molar-refractivity contribution is 7.92. The van der Waals surface area contributed by atoms with Crippen molar-refractivity contribution in [3.8, 4) is 0 Å².